The zero-order valence-corrected chi connectivity index (χ0v) is 13.0. The fourth-order valence-corrected chi connectivity index (χ4v) is 2.87. The van der Waals surface area contributed by atoms with Crippen molar-refractivity contribution in [3.8, 4) is 5.75 Å². The Morgan fingerprint density at radius 2 is 2.05 bits per heavy atom. The quantitative estimate of drug-likeness (QED) is 0.818. The highest BCUT2D eigenvalue weighted by molar-refractivity contribution is 7.80. The van der Waals surface area contributed by atoms with Gasteiger partial charge in [-0.3, -0.25) is 4.90 Å². The zero-order chi connectivity index (χ0) is 14.4. The maximum atomic E-state index is 5.85. The van der Waals surface area contributed by atoms with Gasteiger partial charge >= 0.3 is 0 Å². The van der Waals surface area contributed by atoms with E-state index in [1.165, 1.54) is 32.4 Å². The topological polar surface area (TPSA) is 38.5 Å². The van der Waals surface area contributed by atoms with Gasteiger partial charge in [-0.1, -0.05) is 37.7 Å². The van der Waals surface area contributed by atoms with Crippen molar-refractivity contribution in [2.24, 2.45) is 11.7 Å². The molecule has 2 rings (SSSR count). The number of hydrogen-bond acceptors (Lipinski definition) is 3. The second-order valence-corrected chi connectivity index (χ2v) is 5.84. The smallest absolute Gasteiger partial charge is 0.129 e. The van der Waals surface area contributed by atoms with Crippen LogP contribution in [-0.4, -0.2) is 36.1 Å². The van der Waals surface area contributed by atoms with Gasteiger partial charge in [0.2, 0.25) is 0 Å². The van der Waals surface area contributed by atoms with Crippen LogP contribution in [0.1, 0.15) is 31.7 Å². The van der Waals surface area contributed by atoms with Crippen molar-refractivity contribution in [1.82, 2.24) is 4.90 Å². The normalized spacial score (nSPS) is 17.1. The minimum absolute atomic E-state index is 0.393. The van der Waals surface area contributed by atoms with E-state index in [0.29, 0.717) is 11.6 Å². The van der Waals surface area contributed by atoms with E-state index in [9.17, 15) is 0 Å². The zero-order valence-electron chi connectivity index (χ0n) is 12.2. The molecule has 110 valence electrons. The Kier molecular flexibility index (Phi) is 5.80. The van der Waals surface area contributed by atoms with Gasteiger partial charge in [0.25, 0.3) is 0 Å². The maximum Gasteiger partial charge on any atom is 0.129 e. The van der Waals surface area contributed by atoms with Gasteiger partial charge in [-0.05, 0) is 44.0 Å². The van der Waals surface area contributed by atoms with Crippen LogP contribution in [0.4, 0.5) is 0 Å². The summed E-state index contributed by atoms with van der Waals surface area (Å²) in [7, 11) is 0. The van der Waals surface area contributed by atoms with E-state index in [0.717, 1.165) is 23.8 Å². The molecule has 0 spiro atoms. The number of nitrogens with two attached hydrogens (primary N) is 1. The monoisotopic (exact) mass is 292 g/mol. The molecule has 1 heterocycles. The van der Waals surface area contributed by atoms with Crippen LogP contribution in [0.3, 0.4) is 0 Å². The number of likely N-dealkylation sites (tertiary alicyclic amines) is 1. The van der Waals surface area contributed by atoms with Crippen LogP contribution in [0.25, 0.3) is 0 Å². The summed E-state index contributed by atoms with van der Waals surface area (Å²) in [5, 5.41) is 0. The highest BCUT2D eigenvalue weighted by Crippen LogP contribution is 2.20. The Morgan fingerprint density at radius 3 is 2.70 bits per heavy atom. The van der Waals surface area contributed by atoms with Gasteiger partial charge < -0.3 is 10.5 Å². The Balaban J connectivity index is 1.78. The number of para-hydroxylation sites is 1. The third-order valence-corrected chi connectivity index (χ3v) is 4.32. The standard InChI is InChI=1S/C16H24N2OS/c1-2-13-7-9-18(10-8-13)11-12-19-15-6-4-3-5-14(15)16(17)20/h3-6,13H,2,7-12H2,1H3,(H2,17,20). The molecule has 0 aromatic heterocycles. The minimum Gasteiger partial charge on any atom is -0.492 e. The van der Waals surface area contributed by atoms with Crippen LogP contribution in [0.15, 0.2) is 24.3 Å². The third-order valence-electron chi connectivity index (χ3n) is 4.10. The van der Waals surface area contributed by atoms with Crippen molar-refractivity contribution in [1.29, 1.82) is 0 Å². The molecular weight excluding hydrogens is 268 g/mol. The molecule has 4 heteroatoms. The molecule has 2 N–H and O–H groups in total. The maximum absolute atomic E-state index is 5.85. The average Bonchev–Trinajstić information content (AvgIpc) is 2.48. The Hall–Kier alpha value is -1.13. The van der Waals surface area contributed by atoms with E-state index in [1.54, 1.807) is 0 Å². The Labute approximate surface area is 127 Å². The molecule has 1 aromatic rings. The summed E-state index contributed by atoms with van der Waals surface area (Å²) in [5.74, 6) is 1.71. The fourth-order valence-electron chi connectivity index (χ4n) is 2.70. The third kappa shape index (κ3) is 4.18. The van der Waals surface area contributed by atoms with Crippen molar-refractivity contribution in [2.75, 3.05) is 26.2 Å². The summed E-state index contributed by atoms with van der Waals surface area (Å²) in [6.07, 6.45) is 3.95. The van der Waals surface area contributed by atoms with Gasteiger partial charge in [0.1, 0.15) is 17.3 Å². The molecule has 0 amide bonds. The molecule has 1 saturated heterocycles. The van der Waals surface area contributed by atoms with Crippen LogP contribution in [0, 0.1) is 5.92 Å². The number of ether oxygens (including phenoxy) is 1. The predicted molar refractivity (Wildman–Crippen MR) is 87.3 cm³/mol. The fraction of sp³-hybridized carbons (Fsp3) is 0.562. The summed E-state index contributed by atoms with van der Waals surface area (Å²) < 4.78 is 5.85. The van der Waals surface area contributed by atoms with Crippen LogP contribution >= 0.6 is 12.2 Å². The van der Waals surface area contributed by atoms with Crippen LogP contribution < -0.4 is 10.5 Å². The number of nitrogens with zero attached hydrogens (tertiary/aromatic N) is 1. The molecule has 3 nitrogen and oxygen atoms in total. The first-order valence-corrected chi connectivity index (χ1v) is 7.85. The number of rotatable bonds is 6. The molecule has 0 aliphatic carbocycles. The minimum atomic E-state index is 0.393. The molecule has 20 heavy (non-hydrogen) atoms. The van der Waals surface area contributed by atoms with Gasteiger partial charge in [-0.15, -0.1) is 0 Å². The first-order chi connectivity index (χ1) is 9.70. The average molecular weight is 292 g/mol. The lowest BCUT2D eigenvalue weighted by Crippen LogP contribution is -2.36. The van der Waals surface area contributed by atoms with Gasteiger partial charge in [0, 0.05) is 6.54 Å². The van der Waals surface area contributed by atoms with Crippen LogP contribution in [0.5, 0.6) is 5.75 Å². The molecule has 1 aromatic carbocycles. The molecule has 0 unspecified atom stereocenters. The van der Waals surface area contributed by atoms with E-state index < -0.39 is 0 Å². The molecule has 0 saturated carbocycles. The molecule has 0 atom stereocenters. The highest BCUT2D eigenvalue weighted by Gasteiger charge is 2.17. The van der Waals surface area contributed by atoms with E-state index in [-0.39, 0.29) is 0 Å². The molecule has 1 aliphatic rings. The van der Waals surface area contributed by atoms with E-state index in [1.807, 2.05) is 24.3 Å². The van der Waals surface area contributed by atoms with Gasteiger partial charge in [-0.2, -0.15) is 0 Å². The largest absolute Gasteiger partial charge is 0.492 e. The lowest BCUT2D eigenvalue weighted by Gasteiger charge is -2.31. The summed E-state index contributed by atoms with van der Waals surface area (Å²) in [4.78, 5) is 2.87. The van der Waals surface area contributed by atoms with E-state index >= 15 is 0 Å². The van der Waals surface area contributed by atoms with Crippen molar-refractivity contribution in [3.63, 3.8) is 0 Å². The highest BCUT2D eigenvalue weighted by atomic mass is 32.1. The van der Waals surface area contributed by atoms with Crippen molar-refractivity contribution >= 4 is 17.2 Å². The first-order valence-electron chi connectivity index (χ1n) is 7.44. The number of piperidine rings is 1. The molecule has 0 bridgehead atoms. The number of thiocarbonyl (C=S) groups is 1. The SMILES string of the molecule is CCC1CCN(CCOc2ccccc2C(N)=S)CC1. The second-order valence-electron chi connectivity index (χ2n) is 5.40. The van der Waals surface area contributed by atoms with Crippen LogP contribution in [0.2, 0.25) is 0 Å². The summed E-state index contributed by atoms with van der Waals surface area (Å²) in [5.41, 5.74) is 6.53. The molecular formula is C16H24N2OS. The summed E-state index contributed by atoms with van der Waals surface area (Å²) in [6.45, 7) is 6.34. The first kappa shape index (κ1) is 15.3. The van der Waals surface area contributed by atoms with Crippen molar-refractivity contribution in [3.05, 3.63) is 29.8 Å². The number of hydrogen-bond donors (Lipinski definition) is 1. The molecule has 0 radical (unpaired) electrons. The van der Waals surface area contributed by atoms with Crippen molar-refractivity contribution in [2.45, 2.75) is 26.2 Å². The second kappa shape index (κ2) is 7.60. The Morgan fingerprint density at radius 1 is 1.35 bits per heavy atom. The van der Waals surface area contributed by atoms with Crippen LogP contribution in [-0.2, 0) is 0 Å². The number of benzene rings is 1. The predicted octanol–water partition coefficient (Wildman–Crippen LogP) is 2.82. The summed E-state index contributed by atoms with van der Waals surface area (Å²) in [6, 6.07) is 7.71. The van der Waals surface area contributed by atoms with E-state index in [2.05, 4.69) is 11.8 Å². The van der Waals surface area contributed by atoms with Crippen molar-refractivity contribution < 1.29 is 4.74 Å². The van der Waals surface area contributed by atoms with E-state index in [4.69, 9.17) is 22.7 Å². The lowest BCUT2D eigenvalue weighted by atomic mass is 9.94. The Bertz CT molecular complexity index is 442. The van der Waals surface area contributed by atoms with Gasteiger partial charge in [-0.25, -0.2) is 0 Å². The van der Waals surface area contributed by atoms with Gasteiger partial charge in [0.15, 0.2) is 0 Å². The molecule has 1 aliphatic heterocycles. The van der Waals surface area contributed by atoms with Gasteiger partial charge in [0.05, 0.1) is 5.56 Å². The summed E-state index contributed by atoms with van der Waals surface area (Å²) >= 11 is 5.04. The lowest BCUT2D eigenvalue weighted by molar-refractivity contribution is 0.153. The molecule has 1 fully saturated rings.